The molecule has 0 aliphatic heterocycles. The molecule has 1 aliphatic rings. The van der Waals surface area contributed by atoms with E-state index in [1.54, 1.807) is 18.2 Å². The molecule has 0 spiro atoms. The summed E-state index contributed by atoms with van der Waals surface area (Å²) in [6.45, 7) is 0. The molecule has 1 fully saturated rings. The maximum atomic E-state index is 12.3. The Labute approximate surface area is 157 Å². The van der Waals surface area contributed by atoms with Crippen molar-refractivity contribution >= 4 is 22.8 Å². The van der Waals surface area contributed by atoms with Crippen LogP contribution in [0.3, 0.4) is 0 Å². The van der Waals surface area contributed by atoms with Crippen LogP contribution in [0, 0.1) is 5.92 Å². The topological polar surface area (TPSA) is 112 Å². The smallest absolute Gasteiger partial charge is 0.308 e. The number of aryl methyl sites for hydroxylation is 1. The predicted octanol–water partition coefficient (Wildman–Crippen LogP) is 2.40. The van der Waals surface area contributed by atoms with E-state index in [1.165, 1.54) is 0 Å². The standard InChI is InChI=1S/C20H25N3O4/c24-18(22-16-9-3-1-2-8-14(16)20(26)27)12-6-11-17-21-15-10-5-4-7-13(15)19(25)23-17/h4-5,7,10,14,16H,1-3,6,8-9,11-12H2,(H,22,24)(H,26,27)(H,21,23,25)/t14-,16+/m1/s1. The molecule has 1 heterocycles. The van der Waals surface area contributed by atoms with Crippen molar-refractivity contribution in [3.8, 4) is 0 Å². The number of nitrogens with zero attached hydrogens (tertiary/aromatic N) is 1. The zero-order valence-electron chi connectivity index (χ0n) is 15.2. The lowest BCUT2D eigenvalue weighted by Crippen LogP contribution is -2.42. The Kier molecular flexibility index (Phi) is 6.21. The first kappa shape index (κ1) is 19.1. The van der Waals surface area contributed by atoms with E-state index in [-0.39, 0.29) is 23.9 Å². The molecule has 1 amide bonds. The lowest BCUT2D eigenvalue weighted by atomic mass is 9.94. The van der Waals surface area contributed by atoms with Crippen molar-refractivity contribution in [2.24, 2.45) is 5.92 Å². The molecule has 7 heteroatoms. The van der Waals surface area contributed by atoms with E-state index < -0.39 is 11.9 Å². The molecule has 0 radical (unpaired) electrons. The summed E-state index contributed by atoms with van der Waals surface area (Å²) < 4.78 is 0. The van der Waals surface area contributed by atoms with Gasteiger partial charge in [0.2, 0.25) is 5.91 Å². The van der Waals surface area contributed by atoms with Crippen LogP contribution in [0.1, 0.15) is 50.8 Å². The van der Waals surface area contributed by atoms with E-state index in [9.17, 15) is 19.5 Å². The second-order valence-corrected chi connectivity index (χ2v) is 7.14. The van der Waals surface area contributed by atoms with Crippen molar-refractivity contribution in [1.29, 1.82) is 0 Å². The number of rotatable bonds is 6. The third kappa shape index (κ3) is 4.93. The van der Waals surface area contributed by atoms with Gasteiger partial charge in [0.15, 0.2) is 0 Å². The Morgan fingerprint density at radius 3 is 2.78 bits per heavy atom. The summed E-state index contributed by atoms with van der Waals surface area (Å²) in [5.41, 5.74) is 0.464. The number of carboxylic acid groups (broad SMARTS) is 1. The lowest BCUT2D eigenvalue weighted by molar-refractivity contribution is -0.143. The molecule has 1 aromatic heterocycles. The number of aromatic amines is 1. The molecule has 1 aromatic carbocycles. The lowest BCUT2D eigenvalue weighted by Gasteiger charge is -2.22. The first-order valence-corrected chi connectivity index (χ1v) is 9.54. The fourth-order valence-electron chi connectivity index (χ4n) is 3.72. The zero-order valence-corrected chi connectivity index (χ0v) is 15.2. The summed E-state index contributed by atoms with van der Waals surface area (Å²) in [6, 6.07) is 6.85. The largest absolute Gasteiger partial charge is 0.481 e. The molecular weight excluding hydrogens is 346 g/mol. The molecule has 144 valence electrons. The van der Waals surface area contributed by atoms with Crippen molar-refractivity contribution in [3.05, 3.63) is 40.4 Å². The Morgan fingerprint density at radius 2 is 1.96 bits per heavy atom. The van der Waals surface area contributed by atoms with Crippen molar-refractivity contribution in [2.75, 3.05) is 0 Å². The minimum Gasteiger partial charge on any atom is -0.481 e. The van der Waals surface area contributed by atoms with Crippen LogP contribution < -0.4 is 10.9 Å². The van der Waals surface area contributed by atoms with Gasteiger partial charge >= 0.3 is 5.97 Å². The number of carboxylic acids is 1. The molecular formula is C20H25N3O4. The number of amides is 1. The first-order valence-electron chi connectivity index (χ1n) is 9.54. The van der Waals surface area contributed by atoms with Gasteiger partial charge < -0.3 is 15.4 Å². The summed E-state index contributed by atoms with van der Waals surface area (Å²) in [5.74, 6) is -0.921. The Balaban J connectivity index is 1.55. The van der Waals surface area contributed by atoms with E-state index >= 15 is 0 Å². The minimum atomic E-state index is -0.833. The molecule has 2 aromatic rings. The SMILES string of the molecule is O=C(CCCc1nc2ccccc2c(=O)[nH]1)N[C@H]1CCCCC[C@H]1C(=O)O. The van der Waals surface area contributed by atoms with Gasteiger partial charge in [0.05, 0.1) is 16.8 Å². The third-order valence-corrected chi connectivity index (χ3v) is 5.16. The van der Waals surface area contributed by atoms with Crippen molar-refractivity contribution in [3.63, 3.8) is 0 Å². The third-order valence-electron chi connectivity index (χ3n) is 5.16. The fourth-order valence-corrected chi connectivity index (χ4v) is 3.72. The van der Waals surface area contributed by atoms with Gasteiger partial charge in [-0.2, -0.15) is 0 Å². The second-order valence-electron chi connectivity index (χ2n) is 7.14. The quantitative estimate of drug-likeness (QED) is 0.675. The van der Waals surface area contributed by atoms with Gasteiger partial charge in [0, 0.05) is 18.9 Å². The number of aliphatic carboxylic acids is 1. The molecule has 3 N–H and O–H groups in total. The fraction of sp³-hybridized carbons (Fsp3) is 0.500. The molecule has 2 atom stereocenters. The minimum absolute atomic E-state index is 0.142. The highest BCUT2D eigenvalue weighted by Crippen LogP contribution is 2.24. The van der Waals surface area contributed by atoms with E-state index in [0.717, 1.165) is 19.3 Å². The number of hydrogen-bond donors (Lipinski definition) is 3. The van der Waals surface area contributed by atoms with E-state index in [0.29, 0.717) is 42.4 Å². The molecule has 0 unspecified atom stereocenters. The average Bonchev–Trinajstić information content (AvgIpc) is 2.87. The number of para-hydroxylation sites is 1. The van der Waals surface area contributed by atoms with Gasteiger partial charge in [-0.25, -0.2) is 4.98 Å². The number of aromatic nitrogens is 2. The molecule has 1 aliphatic carbocycles. The van der Waals surface area contributed by atoms with Crippen LogP contribution in [0.15, 0.2) is 29.1 Å². The van der Waals surface area contributed by atoms with E-state index in [2.05, 4.69) is 15.3 Å². The van der Waals surface area contributed by atoms with Gasteiger partial charge in [0.25, 0.3) is 5.56 Å². The number of carbonyl (C=O) groups is 2. The van der Waals surface area contributed by atoms with Gasteiger partial charge in [-0.05, 0) is 31.4 Å². The molecule has 0 saturated heterocycles. The predicted molar refractivity (Wildman–Crippen MR) is 101 cm³/mol. The van der Waals surface area contributed by atoms with Crippen LogP contribution in [0.25, 0.3) is 10.9 Å². The number of benzene rings is 1. The van der Waals surface area contributed by atoms with Crippen molar-refractivity contribution in [1.82, 2.24) is 15.3 Å². The average molecular weight is 371 g/mol. The zero-order chi connectivity index (χ0) is 19.2. The van der Waals surface area contributed by atoms with Gasteiger partial charge in [-0.1, -0.05) is 31.4 Å². The highest BCUT2D eigenvalue weighted by atomic mass is 16.4. The highest BCUT2D eigenvalue weighted by molar-refractivity contribution is 5.78. The summed E-state index contributed by atoms with van der Waals surface area (Å²) >= 11 is 0. The van der Waals surface area contributed by atoms with Gasteiger partial charge in [-0.15, -0.1) is 0 Å². The summed E-state index contributed by atoms with van der Waals surface area (Å²) in [4.78, 5) is 43.0. The van der Waals surface area contributed by atoms with Crippen LogP contribution in [0.4, 0.5) is 0 Å². The van der Waals surface area contributed by atoms with Crippen molar-refractivity contribution in [2.45, 2.75) is 57.4 Å². The van der Waals surface area contributed by atoms with E-state index in [1.807, 2.05) is 6.07 Å². The highest BCUT2D eigenvalue weighted by Gasteiger charge is 2.30. The number of hydrogen-bond acceptors (Lipinski definition) is 4. The molecule has 3 rings (SSSR count). The molecule has 7 nitrogen and oxygen atoms in total. The van der Waals surface area contributed by atoms with E-state index in [4.69, 9.17) is 0 Å². The molecule has 0 bridgehead atoms. The van der Waals surface area contributed by atoms with Crippen LogP contribution >= 0.6 is 0 Å². The normalized spacial score (nSPS) is 20.1. The molecule has 27 heavy (non-hydrogen) atoms. The number of H-pyrrole nitrogens is 1. The Morgan fingerprint density at radius 1 is 1.19 bits per heavy atom. The summed E-state index contributed by atoms with van der Waals surface area (Å²) in [5, 5.41) is 12.8. The van der Waals surface area contributed by atoms with Crippen LogP contribution in [0.2, 0.25) is 0 Å². The Hall–Kier alpha value is -2.70. The van der Waals surface area contributed by atoms with Crippen LogP contribution in [-0.4, -0.2) is 33.0 Å². The Bertz CT molecular complexity index is 877. The maximum absolute atomic E-state index is 12.3. The van der Waals surface area contributed by atoms with Crippen LogP contribution in [-0.2, 0) is 16.0 Å². The number of fused-ring (bicyclic) bond motifs is 1. The summed E-state index contributed by atoms with van der Waals surface area (Å²) in [7, 11) is 0. The second kappa shape index (κ2) is 8.79. The van der Waals surface area contributed by atoms with Crippen molar-refractivity contribution < 1.29 is 14.7 Å². The monoisotopic (exact) mass is 371 g/mol. The first-order chi connectivity index (χ1) is 13.0. The number of carbonyl (C=O) groups excluding carboxylic acids is 1. The van der Waals surface area contributed by atoms with Gasteiger partial charge in [0.1, 0.15) is 5.82 Å². The maximum Gasteiger partial charge on any atom is 0.308 e. The van der Waals surface area contributed by atoms with Crippen LogP contribution in [0.5, 0.6) is 0 Å². The van der Waals surface area contributed by atoms with Gasteiger partial charge in [-0.3, -0.25) is 14.4 Å². The number of nitrogens with one attached hydrogen (secondary N) is 2. The molecule has 1 saturated carbocycles. The summed E-state index contributed by atoms with van der Waals surface area (Å²) in [6.07, 6.45) is 5.47.